The van der Waals surface area contributed by atoms with E-state index in [0.717, 1.165) is 5.56 Å². The second-order valence-corrected chi connectivity index (χ2v) is 9.69. The van der Waals surface area contributed by atoms with Crippen molar-refractivity contribution in [1.29, 1.82) is 0 Å². The van der Waals surface area contributed by atoms with Crippen LogP contribution in [0.4, 0.5) is 4.79 Å². The van der Waals surface area contributed by atoms with E-state index < -0.39 is 44.3 Å². The van der Waals surface area contributed by atoms with Crippen LogP contribution in [0.25, 0.3) is 0 Å². The molecule has 1 fully saturated rings. The van der Waals surface area contributed by atoms with Crippen molar-refractivity contribution in [2.75, 3.05) is 13.7 Å². The molecule has 0 spiro atoms. The van der Waals surface area contributed by atoms with Gasteiger partial charge in [0.05, 0.1) is 19.8 Å². The molecule has 2 heterocycles. The lowest BCUT2D eigenvalue weighted by molar-refractivity contribution is -0.142. The van der Waals surface area contributed by atoms with Crippen LogP contribution in [0.15, 0.2) is 36.0 Å². The van der Waals surface area contributed by atoms with E-state index in [-0.39, 0.29) is 6.61 Å². The third-order valence-corrected chi connectivity index (χ3v) is 6.89. The number of aliphatic hydroxyl groups excluding tert-OH is 1. The molecule has 0 bridgehead atoms. The highest BCUT2D eigenvalue weighted by Gasteiger charge is 2.38. The summed E-state index contributed by atoms with van der Waals surface area (Å²) in [6, 6.07) is 5.47. The predicted octanol–water partition coefficient (Wildman–Crippen LogP) is 2.40. The molecule has 1 aromatic rings. The highest BCUT2D eigenvalue weighted by atomic mass is 31.2. The zero-order chi connectivity index (χ0) is 24.2. The van der Waals surface area contributed by atoms with Crippen LogP contribution in [0, 0.1) is 6.92 Å². The molecule has 2 aliphatic heterocycles. The number of carbonyl (C=O) groups is 2. The van der Waals surface area contributed by atoms with E-state index in [2.05, 4.69) is 15.1 Å². The second-order valence-electron chi connectivity index (χ2n) is 7.99. The molecule has 3 N–H and O–H groups in total. The number of amides is 2. The highest BCUT2D eigenvalue weighted by Crippen LogP contribution is 2.45. The minimum atomic E-state index is -3.98. The van der Waals surface area contributed by atoms with Gasteiger partial charge in [-0.15, -0.1) is 0 Å². The zero-order valence-electron chi connectivity index (χ0n) is 19.0. The molecule has 0 saturated carbocycles. The summed E-state index contributed by atoms with van der Waals surface area (Å²) in [5.74, 6) is -0.313. The zero-order valence-corrected chi connectivity index (χ0v) is 19.9. The summed E-state index contributed by atoms with van der Waals surface area (Å²) >= 11 is 0. The van der Waals surface area contributed by atoms with Crippen LogP contribution in [-0.4, -0.2) is 60.3 Å². The Morgan fingerprint density at radius 2 is 2.03 bits per heavy atom. The van der Waals surface area contributed by atoms with Crippen molar-refractivity contribution in [2.45, 2.75) is 58.2 Å². The Bertz CT molecular complexity index is 938. The molecule has 5 unspecified atom stereocenters. The molecule has 182 valence electrons. The van der Waals surface area contributed by atoms with E-state index in [1.807, 2.05) is 6.92 Å². The Balaban J connectivity index is 1.65. The first kappa shape index (κ1) is 25.2. The molecule has 3 rings (SSSR count). The molecular weight excluding hydrogens is 453 g/mol. The lowest BCUT2D eigenvalue weighted by Crippen LogP contribution is -2.51. The van der Waals surface area contributed by atoms with Crippen molar-refractivity contribution in [3.8, 4) is 5.75 Å². The van der Waals surface area contributed by atoms with Gasteiger partial charge in [0, 0.05) is 6.20 Å². The summed E-state index contributed by atoms with van der Waals surface area (Å²) in [6.45, 7) is 4.99. The maximum absolute atomic E-state index is 13.4. The van der Waals surface area contributed by atoms with Crippen LogP contribution >= 0.6 is 7.75 Å². The minimum absolute atomic E-state index is 0.0959. The number of nitrogens with one attached hydrogen (secondary N) is 2. The first-order valence-electron chi connectivity index (χ1n) is 10.6. The molecule has 1 aromatic carbocycles. The van der Waals surface area contributed by atoms with Gasteiger partial charge in [-0.1, -0.05) is 17.7 Å². The summed E-state index contributed by atoms with van der Waals surface area (Å²) in [4.78, 5) is 25.4. The number of aliphatic hydroxyl groups is 1. The third kappa shape index (κ3) is 6.55. The normalized spacial score (nSPS) is 25.6. The van der Waals surface area contributed by atoms with Gasteiger partial charge in [-0.3, -0.25) is 14.2 Å². The molecule has 0 radical (unpaired) electrons. The van der Waals surface area contributed by atoms with Gasteiger partial charge in [-0.05, 0) is 51.3 Å². The summed E-state index contributed by atoms with van der Waals surface area (Å²) in [7, 11) is -2.76. The minimum Gasteiger partial charge on any atom is -0.468 e. The van der Waals surface area contributed by atoms with Crippen LogP contribution in [0.1, 0.15) is 32.3 Å². The second kappa shape index (κ2) is 10.7. The number of ether oxygens (including phenoxy) is 2. The van der Waals surface area contributed by atoms with E-state index in [4.69, 9.17) is 13.8 Å². The molecule has 5 atom stereocenters. The van der Waals surface area contributed by atoms with Gasteiger partial charge in [0.2, 0.25) is 0 Å². The Morgan fingerprint density at radius 1 is 1.33 bits per heavy atom. The van der Waals surface area contributed by atoms with E-state index in [0.29, 0.717) is 24.2 Å². The Hall–Kier alpha value is -2.43. The van der Waals surface area contributed by atoms with Crippen LogP contribution in [0.3, 0.4) is 0 Å². The van der Waals surface area contributed by atoms with Crippen molar-refractivity contribution in [3.63, 3.8) is 0 Å². The van der Waals surface area contributed by atoms with Crippen LogP contribution < -0.4 is 14.9 Å². The fourth-order valence-corrected chi connectivity index (χ4v) is 4.88. The maximum Gasteiger partial charge on any atom is 0.459 e. The van der Waals surface area contributed by atoms with Gasteiger partial charge in [0.25, 0.3) is 0 Å². The van der Waals surface area contributed by atoms with Gasteiger partial charge >= 0.3 is 19.7 Å². The van der Waals surface area contributed by atoms with Gasteiger partial charge in [-0.2, -0.15) is 5.09 Å². The largest absolute Gasteiger partial charge is 0.468 e. The first-order chi connectivity index (χ1) is 15.6. The monoisotopic (exact) mass is 483 g/mol. The molecule has 12 heteroatoms. The summed E-state index contributed by atoms with van der Waals surface area (Å²) in [5, 5.41) is 14.8. The molecule has 33 heavy (non-hydrogen) atoms. The Labute approximate surface area is 192 Å². The highest BCUT2D eigenvalue weighted by molar-refractivity contribution is 7.52. The van der Waals surface area contributed by atoms with Crippen LogP contribution in [0.2, 0.25) is 0 Å². The van der Waals surface area contributed by atoms with Crippen molar-refractivity contribution >= 4 is 19.7 Å². The standard InChI is InChI=1S/C21H30N3O8P/c1-13-5-7-16(8-6-13)32-33(28,23-15(3)20(26)29-4)30-12-17-9-10-18(31-17)24-11-14(2)19(25)22-21(24)27/h5-8,11,15,17-19,25H,9-10,12H2,1-4H3,(H,22,27)(H,23,28). The molecular formula is C21H30N3O8P. The number of rotatable bonds is 9. The number of carbonyl (C=O) groups excluding carboxylic acids is 2. The van der Waals surface area contributed by atoms with Crippen LogP contribution in [-0.2, 0) is 23.4 Å². The number of hydrogen-bond acceptors (Lipinski definition) is 8. The number of hydrogen-bond donors (Lipinski definition) is 3. The SMILES string of the molecule is COC(=O)C(C)NP(=O)(OCC1CCC(N2C=C(C)C(O)NC2=O)O1)Oc1ccc(C)cc1. The fourth-order valence-electron chi connectivity index (χ4n) is 3.36. The molecule has 1 saturated heterocycles. The van der Waals surface area contributed by atoms with E-state index in [9.17, 15) is 19.3 Å². The summed E-state index contributed by atoms with van der Waals surface area (Å²) in [6.07, 6.45) is 0.565. The van der Waals surface area contributed by atoms with E-state index in [1.165, 1.54) is 18.9 Å². The topological polar surface area (TPSA) is 136 Å². The third-order valence-electron chi connectivity index (χ3n) is 5.25. The number of methoxy groups -OCH3 is 1. The lowest BCUT2D eigenvalue weighted by atomic mass is 10.2. The number of urea groups is 1. The van der Waals surface area contributed by atoms with E-state index >= 15 is 0 Å². The number of aryl methyl sites for hydroxylation is 1. The smallest absolute Gasteiger partial charge is 0.459 e. The fraction of sp³-hybridized carbons (Fsp3) is 0.524. The van der Waals surface area contributed by atoms with Crippen molar-refractivity contribution in [2.24, 2.45) is 0 Å². The van der Waals surface area contributed by atoms with Crippen molar-refractivity contribution < 1.29 is 37.8 Å². The lowest BCUT2D eigenvalue weighted by Gasteiger charge is -2.32. The first-order valence-corrected chi connectivity index (χ1v) is 12.1. The molecule has 11 nitrogen and oxygen atoms in total. The van der Waals surface area contributed by atoms with Gasteiger partial charge < -0.3 is 24.4 Å². The number of nitrogens with zero attached hydrogens (tertiary/aromatic N) is 1. The average Bonchev–Trinajstić information content (AvgIpc) is 3.25. The van der Waals surface area contributed by atoms with Crippen LogP contribution in [0.5, 0.6) is 5.75 Å². The number of benzene rings is 1. The van der Waals surface area contributed by atoms with Crippen molar-refractivity contribution in [1.82, 2.24) is 15.3 Å². The molecule has 2 aliphatic rings. The van der Waals surface area contributed by atoms with Gasteiger partial charge in [0.15, 0.2) is 6.23 Å². The van der Waals surface area contributed by atoms with Gasteiger partial charge in [-0.25, -0.2) is 9.36 Å². The molecule has 0 aromatic heterocycles. The van der Waals surface area contributed by atoms with Crippen molar-refractivity contribution in [3.05, 3.63) is 41.6 Å². The molecule has 0 aliphatic carbocycles. The predicted molar refractivity (Wildman–Crippen MR) is 118 cm³/mol. The van der Waals surface area contributed by atoms with E-state index in [1.54, 1.807) is 37.4 Å². The van der Waals surface area contributed by atoms with Gasteiger partial charge in [0.1, 0.15) is 18.0 Å². The maximum atomic E-state index is 13.4. The Kier molecular flexibility index (Phi) is 8.14. The summed E-state index contributed by atoms with van der Waals surface area (Å²) in [5.41, 5.74) is 1.58. The quantitative estimate of drug-likeness (QED) is 0.357. The number of esters is 1. The average molecular weight is 483 g/mol. The summed E-state index contributed by atoms with van der Waals surface area (Å²) < 4.78 is 35.3. The molecule has 2 amide bonds. The Morgan fingerprint density at radius 3 is 2.70 bits per heavy atom.